The van der Waals surface area contributed by atoms with Gasteiger partial charge in [-0.2, -0.15) is 0 Å². The van der Waals surface area contributed by atoms with Gasteiger partial charge < -0.3 is 10.4 Å². The van der Waals surface area contributed by atoms with Crippen LogP contribution in [0, 0.1) is 0 Å². The Hall–Kier alpha value is -1.84. The number of benzene rings is 2. The number of carboxylic acids is 1. The highest BCUT2D eigenvalue weighted by atomic mass is 35.5. The van der Waals surface area contributed by atoms with E-state index in [1.165, 1.54) is 0 Å². The molecular weight excluding hydrogens is 286 g/mol. The van der Waals surface area contributed by atoms with Crippen LogP contribution in [0.2, 0.25) is 5.02 Å². The normalized spacial score (nSPS) is 13.6. The van der Waals surface area contributed by atoms with Gasteiger partial charge in [0.2, 0.25) is 0 Å². The lowest BCUT2D eigenvalue weighted by atomic mass is 9.98. The second kappa shape index (κ2) is 7.25. The van der Waals surface area contributed by atoms with Gasteiger partial charge in [0.1, 0.15) is 0 Å². The quantitative estimate of drug-likeness (QED) is 0.852. The predicted molar refractivity (Wildman–Crippen MR) is 84.7 cm³/mol. The van der Waals surface area contributed by atoms with Gasteiger partial charge in [0.05, 0.1) is 5.92 Å². The van der Waals surface area contributed by atoms with E-state index < -0.39 is 11.9 Å². The number of aliphatic carboxylic acids is 1. The Morgan fingerprint density at radius 3 is 2.29 bits per heavy atom. The summed E-state index contributed by atoms with van der Waals surface area (Å²) in [7, 11) is 0. The molecule has 0 aliphatic heterocycles. The Morgan fingerprint density at radius 2 is 1.71 bits per heavy atom. The molecule has 21 heavy (non-hydrogen) atoms. The topological polar surface area (TPSA) is 49.3 Å². The Bertz CT molecular complexity index is 583. The molecule has 2 aromatic carbocycles. The van der Waals surface area contributed by atoms with Gasteiger partial charge in [0.15, 0.2) is 0 Å². The number of rotatable bonds is 6. The fourth-order valence-electron chi connectivity index (χ4n) is 2.20. The smallest absolute Gasteiger partial charge is 0.312 e. The van der Waals surface area contributed by atoms with E-state index in [1.807, 2.05) is 61.5 Å². The lowest BCUT2D eigenvalue weighted by molar-refractivity contribution is -0.138. The Kier molecular flexibility index (Phi) is 5.37. The minimum atomic E-state index is -0.822. The molecule has 0 fully saturated rings. The third kappa shape index (κ3) is 4.31. The van der Waals surface area contributed by atoms with Crippen molar-refractivity contribution >= 4 is 17.6 Å². The number of hydrogen-bond donors (Lipinski definition) is 2. The molecule has 2 rings (SSSR count). The summed E-state index contributed by atoms with van der Waals surface area (Å²) in [6.07, 6.45) is 0. The fraction of sp³-hybridized carbons (Fsp3) is 0.235. The summed E-state index contributed by atoms with van der Waals surface area (Å²) in [6.45, 7) is 2.39. The van der Waals surface area contributed by atoms with Crippen LogP contribution in [0.15, 0.2) is 54.6 Å². The van der Waals surface area contributed by atoms with Gasteiger partial charge in [-0.25, -0.2) is 0 Å². The van der Waals surface area contributed by atoms with E-state index in [2.05, 4.69) is 5.32 Å². The highest BCUT2D eigenvalue weighted by Crippen LogP contribution is 2.19. The molecule has 0 radical (unpaired) electrons. The molecule has 0 aliphatic rings. The molecule has 0 aromatic heterocycles. The highest BCUT2D eigenvalue weighted by molar-refractivity contribution is 6.30. The number of hydrogen-bond acceptors (Lipinski definition) is 2. The summed E-state index contributed by atoms with van der Waals surface area (Å²) < 4.78 is 0. The Morgan fingerprint density at radius 1 is 1.10 bits per heavy atom. The van der Waals surface area contributed by atoms with Crippen LogP contribution in [-0.4, -0.2) is 17.6 Å². The van der Waals surface area contributed by atoms with Crippen LogP contribution in [0.5, 0.6) is 0 Å². The maximum absolute atomic E-state index is 11.4. The lowest BCUT2D eigenvalue weighted by Gasteiger charge is -2.18. The van der Waals surface area contributed by atoms with Gasteiger partial charge in [-0.15, -0.1) is 0 Å². The monoisotopic (exact) mass is 303 g/mol. The largest absolute Gasteiger partial charge is 0.481 e. The second-order valence-corrected chi connectivity index (χ2v) is 5.42. The van der Waals surface area contributed by atoms with Gasteiger partial charge in [0.25, 0.3) is 0 Å². The fourth-order valence-corrected chi connectivity index (χ4v) is 2.32. The van der Waals surface area contributed by atoms with E-state index in [0.29, 0.717) is 11.6 Å². The molecule has 2 atom stereocenters. The number of nitrogens with one attached hydrogen (secondary N) is 1. The molecule has 2 aromatic rings. The summed E-state index contributed by atoms with van der Waals surface area (Å²) in [4.78, 5) is 11.4. The van der Waals surface area contributed by atoms with E-state index in [9.17, 15) is 9.90 Å². The van der Waals surface area contributed by atoms with Crippen molar-refractivity contribution in [2.24, 2.45) is 0 Å². The molecule has 0 saturated carbocycles. The maximum atomic E-state index is 11.4. The average Bonchev–Trinajstić information content (AvgIpc) is 2.48. The van der Waals surface area contributed by atoms with Crippen LogP contribution < -0.4 is 5.32 Å². The molecule has 0 bridgehead atoms. The Labute approximate surface area is 129 Å². The van der Waals surface area contributed by atoms with Crippen LogP contribution in [0.25, 0.3) is 0 Å². The molecule has 3 nitrogen and oxygen atoms in total. The van der Waals surface area contributed by atoms with Crippen LogP contribution in [0.1, 0.15) is 30.0 Å². The summed E-state index contributed by atoms with van der Waals surface area (Å²) >= 11 is 5.87. The first-order valence-corrected chi connectivity index (χ1v) is 7.22. The van der Waals surface area contributed by atoms with Crippen molar-refractivity contribution < 1.29 is 9.90 Å². The molecule has 0 spiro atoms. The predicted octanol–water partition coefficient (Wildman–Crippen LogP) is 3.86. The van der Waals surface area contributed by atoms with Crippen molar-refractivity contribution in [2.45, 2.75) is 18.9 Å². The number of carbonyl (C=O) groups is 1. The summed E-state index contributed by atoms with van der Waals surface area (Å²) in [5.74, 6) is -1.38. The maximum Gasteiger partial charge on any atom is 0.312 e. The molecule has 0 heterocycles. The van der Waals surface area contributed by atoms with E-state index in [4.69, 9.17) is 11.6 Å². The second-order valence-electron chi connectivity index (χ2n) is 4.98. The van der Waals surface area contributed by atoms with Crippen molar-refractivity contribution in [2.75, 3.05) is 6.54 Å². The van der Waals surface area contributed by atoms with Gasteiger partial charge in [-0.3, -0.25) is 4.79 Å². The first-order chi connectivity index (χ1) is 10.1. The standard InChI is InChI=1S/C17H18ClNO2/c1-12(13-7-9-15(18)10-8-13)19-11-16(17(20)21)14-5-3-2-4-6-14/h2-10,12,16,19H,11H2,1H3,(H,20,21). The van der Waals surface area contributed by atoms with E-state index in [1.54, 1.807) is 0 Å². The molecule has 2 N–H and O–H groups in total. The zero-order chi connectivity index (χ0) is 15.2. The van der Waals surface area contributed by atoms with Crippen LogP contribution in [-0.2, 0) is 4.79 Å². The molecule has 0 aliphatic carbocycles. The SMILES string of the molecule is CC(NCC(C(=O)O)c1ccccc1)c1ccc(Cl)cc1. The van der Waals surface area contributed by atoms with Crippen molar-refractivity contribution in [3.05, 3.63) is 70.7 Å². The first-order valence-electron chi connectivity index (χ1n) is 6.84. The van der Waals surface area contributed by atoms with Gasteiger partial charge in [-0.1, -0.05) is 54.1 Å². The summed E-state index contributed by atoms with van der Waals surface area (Å²) in [5.41, 5.74) is 1.89. The third-order valence-corrected chi connectivity index (χ3v) is 3.75. The van der Waals surface area contributed by atoms with E-state index in [0.717, 1.165) is 11.1 Å². The molecule has 110 valence electrons. The molecule has 0 amide bonds. The van der Waals surface area contributed by atoms with Gasteiger partial charge in [0, 0.05) is 17.6 Å². The minimum absolute atomic E-state index is 0.0628. The van der Waals surface area contributed by atoms with E-state index in [-0.39, 0.29) is 6.04 Å². The zero-order valence-electron chi connectivity index (χ0n) is 11.8. The molecule has 0 saturated heterocycles. The first kappa shape index (κ1) is 15.5. The number of halogens is 1. The lowest BCUT2D eigenvalue weighted by Crippen LogP contribution is -2.28. The molecule has 4 heteroatoms. The van der Waals surface area contributed by atoms with Crippen molar-refractivity contribution in [3.8, 4) is 0 Å². The summed E-state index contributed by atoms with van der Waals surface area (Å²) in [6, 6.07) is 16.9. The van der Waals surface area contributed by atoms with Crippen molar-refractivity contribution in [3.63, 3.8) is 0 Å². The van der Waals surface area contributed by atoms with Crippen LogP contribution in [0.4, 0.5) is 0 Å². The number of carboxylic acid groups (broad SMARTS) is 1. The Balaban J connectivity index is 2.02. The van der Waals surface area contributed by atoms with Crippen molar-refractivity contribution in [1.82, 2.24) is 5.32 Å². The third-order valence-electron chi connectivity index (χ3n) is 3.50. The van der Waals surface area contributed by atoms with Crippen LogP contribution in [0.3, 0.4) is 0 Å². The zero-order valence-corrected chi connectivity index (χ0v) is 12.5. The van der Waals surface area contributed by atoms with Crippen LogP contribution >= 0.6 is 11.6 Å². The van der Waals surface area contributed by atoms with Gasteiger partial charge in [-0.05, 0) is 30.2 Å². The van der Waals surface area contributed by atoms with Crippen molar-refractivity contribution in [1.29, 1.82) is 0 Å². The molecular formula is C17H18ClNO2. The summed E-state index contributed by atoms with van der Waals surface area (Å²) in [5, 5.41) is 13.4. The van der Waals surface area contributed by atoms with Gasteiger partial charge >= 0.3 is 5.97 Å². The molecule has 2 unspecified atom stereocenters. The van der Waals surface area contributed by atoms with E-state index >= 15 is 0 Å². The highest BCUT2D eigenvalue weighted by Gasteiger charge is 2.20. The minimum Gasteiger partial charge on any atom is -0.481 e. The average molecular weight is 304 g/mol.